The molecule has 1 aliphatic carbocycles. The maximum atomic E-state index is 6.09. The summed E-state index contributed by atoms with van der Waals surface area (Å²) in [6.07, 6.45) is 3.46. The van der Waals surface area contributed by atoms with Crippen molar-refractivity contribution in [3.05, 3.63) is 29.8 Å². The zero-order chi connectivity index (χ0) is 15.3. The second-order valence-corrected chi connectivity index (χ2v) is 7.26. The molecule has 1 aromatic rings. The van der Waals surface area contributed by atoms with Crippen LogP contribution in [0.5, 0.6) is 0 Å². The number of hydrogen-bond acceptors (Lipinski definition) is 3. The number of rotatable bonds is 3. The largest absolute Gasteiger partial charge is 0.494 e. The lowest BCUT2D eigenvalue weighted by Crippen LogP contribution is -2.41. The summed E-state index contributed by atoms with van der Waals surface area (Å²) in [4.78, 5) is 0. The van der Waals surface area contributed by atoms with Gasteiger partial charge in [0.15, 0.2) is 0 Å². The zero-order valence-corrected chi connectivity index (χ0v) is 13.7. The van der Waals surface area contributed by atoms with E-state index in [9.17, 15) is 0 Å². The fourth-order valence-corrected chi connectivity index (χ4v) is 3.03. The van der Waals surface area contributed by atoms with Gasteiger partial charge in [-0.05, 0) is 58.0 Å². The minimum Gasteiger partial charge on any atom is -0.399 e. The Balaban J connectivity index is 1.80. The van der Waals surface area contributed by atoms with Gasteiger partial charge in [-0.3, -0.25) is 0 Å². The van der Waals surface area contributed by atoms with Gasteiger partial charge in [0.05, 0.1) is 16.8 Å². The van der Waals surface area contributed by atoms with Crippen LogP contribution in [0.1, 0.15) is 52.5 Å². The molecule has 3 rings (SSSR count). The summed E-state index contributed by atoms with van der Waals surface area (Å²) in [6, 6.07) is 8.53. The van der Waals surface area contributed by atoms with Gasteiger partial charge in [-0.2, -0.15) is 0 Å². The highest BCUT2D eigenvalue weighted by atomic mass is 16.7. The van der Waals surface area contributed by atoms with Crippen molar-refractivity contribution in [1.29, 1.82) is 0 Å². The van der Waals surface area contributed by atoms with Crippen LogP contribution in [0.3, 0.4) is 0 Å². The van der Waals surface area contributed by atoms with E-state index in [0.717, 1.165) is 18.3 Å². The van der Waals surface area contributed by atoms with E-state index in [1.54, 1.807) is 7.11 Å². The topological polar surface area (TPSA) is 27.7 Å². The van der Waals surface area contributed by atoms with Crippen molar-refractivity contribution in [2.75, 3.05) is 7.11 Å². The standard InChI is InChI=1S/C17H25BO3/c1-15(2)16(3,4)21-18(20-15)14-9-7-13(8-10-14)17(19-5)11-6-12-17/h7-10H,6,11-12H2,1-5H3. The highest BCUT2D eigenvalue weighted by Gasteiger charge is 2.51. The molecule has 1 aromatic carbocycles. The Hall–Kier alpha value is -0.835. The van der Waals surface area contributed by atoms with Crippen LogP contribution in [-0.2, 0) is 19.6 Å². The first-order chi connectivity index (χ1) is 9.80. The molecule has 4 heteroatoms. The molecule has 0 amide bonds. The Morgan fingerprint density at radius 1 is 0.952 bits per heavy atom. The number of benzene rings is 1. The van der Waals surface area contributed by atoms with Gasteiger partial charge in [0.2, 0.25) is 0 Å². The van der Waals surface area contributed by atoms with E-state index >= 15 is 0 Å². The highest BCUT2D eigenvalue weighted by molar-refractivity contribution is 6.62. The molecule has 114 valence electrons. The van der Waals surface area contributed by atoms with E-state index in [-0.39, 0.29) is 23.9 Å². The Morgan fingerprint density at radius 3 is 1.86 bits per heavy atom. The van der Waals surface area contributed by atoms with E-state index in [1.165, 1.54) is 12.0 Å². The summed E-state index contributed by atoms with van der Waals surface area (Å²) >= 11 is 0. The van der Waals surface area contributed by atoms with Gasteiger partial charge in [0, 0.05) is 7.11 Å². The average molecular weight is 288 g/mol. The van der Waals surface area contributed by atoms with Gasteiger partial charge in [-0.15, -0.1) is 0 Å². The van der Waals surface area contributed by atoms with Crippen molar-refractivity contribution in [1.82, 2.24) is 0 Å². The smallest absolute Gasteiger partial charge is 0.399 e. The molecule has 2 fully saturated rings. The molecule has 0 unspecified atom stereocenters. The third-order valence-corrected chi connectivity index (χ3v) is 5.51. The van der Waals surface area contributed by atoms with Gasteiger partial charge >= 0.3 is 7.12 Å². The molecule has 0 aromatic heterocycles. The molecule has 0 radical (unpaired) electrons. The molecule has 0 N–H and O–H groups in total. The van der Waals surface area contributed by atoms with Crippen LogP contribution in [0, 0.1) is 0 Å². The minimum atomic E-state index is -0.294. The minimum absolute atomic E-state index is 0.0610. The predicted octanol–water partition coefficient (Wildman–Crippen LogP) is 3.01. The lowest BCUT2D eigenvalue weighted by Gasteiger charge is -2.41. The lowest BCUT2D eigenvalue weighted by molar-refractivity contribution is -0.0778. The molecule has 0 atom stereocenters. The van der Waals surface area contributed by atoms with Crippen molar-refractivity contribution in [2.24, 2.45) is 0 Å². The maximum absolute atomic E-state index is 6.09. The van der Waals surface area contributed by atoms with Crippen molar-refractivity contribution >= 4 is 12.6 Å². The lowest BCUT2D eigenvalue weighted by atomic mass is 9.72. The van der Waals surface area contributed by atoms with Crippen LogP contribution in [0.25, 0.3) is 0 Å². The molecule has 1 saturated heterocycles. The van der Waals surface area contributed by atoms with Gasteiger partial charge in [0.1, 0.15) is 0 Å². The Kier molecular flexibility index (Phi) is 3.47. The summed E-state index contributed by atoms with van der Waals surface area (Å²) in [7, 11) is 1.52. The van der Waals surface area contributed by atoms with Crippen LogP contribution >= 0.6 is 0 Å². The van der Waals surface area contributed by atoms with Crippen LogP contribution in [0.2, 0.25) is 0 Å². The van der Waals surface area contributed by atoms with Crippen molar-refractivity contribution < 1.29 is 14.0 Å². The van der Waals surface area contributed by atoms with Crippen LogP contribution in [0.15, 0.2) is 24.3 Å². The number of hydrogen-bond donors (Lipinski definition) is 0. The monoisotopic (exact) mass is 288 g/mol. The normalized spacial score (nSPS) is 25.7. The molecule has 1 aliphatic heterocycles. The number of ether oxygens (including phenoxy) is 1. The van der Waals surface area contributed by atoms with Crippen LogP contribution in [-0.4, -0.2) is 25.4 Å². The molecule has 1 saturated carbocycles. The molecule has 1 heterocycles. The summed E-state index contributed by atoms with van der Waals surface area (Å²) < 4.78 is 17.9. The van der Waals surface area contributed by atoms with E-state index < -0.39 is 0 Å². The maximum Gasteiger partial charge on any atom is 0.494 e. The third-order valence-electron chi connectivity index (χ3n) is 5.51. The van der Waals surface area contributed by atoms with E-state index in [2.05, 4.69) is 52.0 Å². The molecule has 2 aliphatic rings. The van der Waals surface area contributed by atoms with E-state index in [0.29, 0.717) is 0 Å². The molecule has 3 nitrogen and oxygen atoms in total. The predicted molar refractivity (Wildman–Crippen MR) is 84.7 cm³/mol. The van der Waals surface area contributed by atoms with Gasteiger partial charge in [-0.25, -0.2) is 0 Å². The quantitative estimate of drug-likeness (QED) is 0.800. The second-order valence-electron chi connectivity index (χ2n) is 7.26. The summed E-state index contributed by atoms with van der Waals surface area (Å²) in [5.74, 6) is 0. The molecular formula is C17H25BO3. The number of methoxy groups -OCH3 is 1. The second kappa shape index (κ2) is 4.84. The summed E-state index contributed by atoms with van der Waals surface area (Å²) in [5, 5.41) is 0. The van der Waals surface area contributed by atoms with Crippen molar-refractivity contribution in [2.45, 2.75) is 63.8 Å². The summed E-state index contributed by atoms with van der Waals surface area (Å²) in [5.41, 5.74) is 1.68. The van der Waals surface area contributed by atoms with E-state index in [1.807, 2.05) is 0 Å². The summed E-state index contributed by atoms with van der Waals surface area (Å²) in [6.45, 7) is 8.32. The molecular weight excluding hydrogens is 263 g/mol. The first kappa shape index (κ1) is 15.1. The fourth-order valence-electron chi connectivity index (χ4n) is 3.03. The van der Waals surface area contributed by atoms with E-state index in [4.69, 9.17) is 14.0 Å². The Morgan fingerprint density at radius 2 is 1.48 bits per heavy atom. The first-order valence-electron chi connectivity index (χ1n) is 7.81. The third kappa shape index (κ3) is 2.34. The van der Waals surface area contributed by atoms with Crippen LogP contribution < -0.4 is 5.46 Å². The Bertz CT molecular complexity index is 496. The van der Waals surface area contributed by atoms with Crippen molar-refractivity contribution in [3.8, 4) is 0 Å². The molecule has 0 bridgehead atoms. The first-order valence-corrected chi connectivity index (χ1v) is 7.81. The Labute approximate surface area is 128 Å². The molecule has 0 spiro atoms. The van der Waals surface area contributed by atoms with Crippen LogP contribution in [0.4, 0.5) is 0 Å². The van der Waals surface area contributed by atoms with Gasteiger partial charge < -0.3 is 14.0 Å². The van der Waals surface area contributed by atoms with Gasteiger partial charge in [-0.1, -0.05) is 24.3 Å². The fraction of sp³-hybridized carbons (Fsp3) is 0.647. The zero-order valence-electron chi connectivity index (χ0n) is 13.7. The average Bonchev–Trinajstić information content (AvgIpc) is 2.59. The SMILES string of the molecule is COC1(c2ccc(B3OC(C)(C)C(C)(C)O3)cc2)CCC1. The molecule has 21 heavy (non-hydrogen) atoms. The highest BCUT2D eigenvalue weighted by Crippen LogP contribution is 2.44. The van der Waals surface area contributed by atoms with Gasteiger partial charge in [0.25, 0.3) is 0 Å². The van der Waals surface area contributed by atoms with Crippen molar-refractivity contribution in [3.63, 3.8) is 0 Å².